The van der Waals surface area contributed by atoms with E-state index in [1.165, 1.54) is 5.56 Å². The zero-order valence-electron chi connectivity index (χ0n) is 13.8. The van der Waals surface area contributed by atoms with Crippen LogP contribution in [0.25, 0.3) is 0 Å². The summed E-state index contributed by atoms with van der Waals surface area (Å²) in [6.45, 7) is 1.91. The fraction of sp³-hybridized carbons (Fsp3) is 0.368. The van der Waals surface area contributed by atoms with Crippen molar-refractivity contribution in [2.45, 2.75) is 25.4 Å². The lowest BCUT2D eigenvalue weighted by molar-refractivity contribution is -0.133. The van der Waals surface area contributed by atoms with Crippen LogP contribution in [0, 0.1) is 11.3 Å². The summed E-state index contributed by atoms with van der Waals surface area (Å²) in [5, 5.41) is 13.2. The molecule has 1 saturated heterocycles. The highest BCUT2D eigenvalue weighted by Crippen LogP contribution is 2.33. The number of rotatable bonds is 5. The number of carbonyl (C=O) groups excluding carboxylic acids is 1. The van der Waals surface area contributed by atoms with Crippen LogP contribution in [-0.4, -0.2) is 35.8 Å². The summed E-state index contributed by atoms with van der Waals surface area (Å²) in [5.41, 5.74) is 2.97. The van der Waals surface area contributed by atoms with Crippen LogP contribution in [0.3, 0.4) is 0 Å². The summed E-state index contributed by atoms with van der Waals surface area (Å²) >= 11 is 1.68. The van der Waals surface area contributed by atoms with Gasteiger partial charge >= 0.3 is 0 Å². The Balaban J connectivity index is 1.60. The molecule has 24 heavy (non-hydrogen) atoms. The van der Waals surface area contributed by atoms with E-state index in [0.29, 0.717) is 18.7 Å². The Morgan fingerprint density at radius 1 is 1.46 bits per heavy atom. The van der Waals surface area contributed by atoms with Gasteiger partial charge in [0.05, 0.1) is 24.2 Å². The second-order valence-corrected chi connectivity index (χ2v) is 7.07. The smallest absolute Gasteiger partial charge is 0.237 e. The number of benzene rings is 1. The standard InChI is InChI=1S/C19H21N3OS/c1-21(12-16-5-2-4-15(10-16)11-20)13-19(23)22-8-3-6-18(22)17-7-9-24-14-17/h2,4-5,7,9-10,14,18H,3,6,8,12-13H2,1H3. The molecule has 5 heteroatoms. The molecule has 1 aliphatic rings. The average Bonchev–Trinajstić information content (AvgIpc) is 3.25. The zero-order chi connectivity index (χ0) is 16.9. The first kappa shape index (κ1) is 16.7. The first-order valence-corrected chi connectivity index (χ1v) is 9.11. The molecule has 2 aromatic rings. The Labute approximate surface area is 146 Å². The van der Waals surface area contributed by atoms with Crippen LogP contribution in [0.5, 0.6) is 0 Å². The van der Waals surface area contributed by atoms with E-state index in [0.717, 1.165) is 24.9 Å². The molecule has 0 radical (unpaired) electrons. The summed E-state index contributed by atoms with van der Waals surface area (Å²) in [5.74, 6) is 0.183. The first-order chi connectivity index (χ1) is 11.7. The molecule has 0 saturated carbocycles. The van der Waals surface area contributed by atoms with Crippen molar-refractivity contribution in [3.8, 4) is 6.07 Å². The van der Waals surface area contributed by atoms with Crippen LogP contribution in [0.1, 0.15) is 35.6 Å². The first-order valence-electron chi connectivity index (χ1n) is 8.16. The van der Waals surface area contributed by atoms with E-state index in [1.54, 1.807) is 17.4 Å². The highest BCUT2D eigenvalue weighted by Gasteiger charge is 2.30. The van der Waals surface area contributed by atoms with Crippen molar-refractivity contribution in [1.82, 2.24) is 9.80 Å². The lowest BCUT2D eigenvalue weighted by Gasteiger charge is -2.27. The van der Waals surface area contributed by atoms with Crippen molar-refractivity contribution in [1.29, 1.82) is 5.26 Å². The van der Waals surface area contributed by atoms with Gasteiger partial charge in [0.1, 0.15) is 0 Å². The summed E-state index contributed by atoms with van der Waals surface area (Å²) in [6, 6.07) is 12.1. The highest BCUT2D eigenvalue weighted by molar-refractivity contribution is 7.07. The van der Waals surface area contributed by atoms with E-state index in [-0.39, 0.29) is 11.9 Å². The summed E-state index contributed by atoms with van der Waals surface area (Å²) in [6.07, 6.45) is 2.12. The molecule has 3 rings (SSSR count). The predicted molar refractivity (Wildman–Crippen MR) is 95.5 cm³/mol. The molecule has 2 heterocycles. The average molecular weight is 339 g/mol. The molecule has 1 aromatic carbocycles. The minimum atomic E-state index is 0.183. The van der Waals surface area contributed by atoms with Gasteiger partial charge in [-0.2, -0.15) is 16.6 Å². The monoisotopic (exact) mass is 339 g/mol. The third-order valence-corrected chi connectivity index (χ3v) is 5.12. The van der Waals surface area contributed by atoms with Gasteiger partial charge in [0.2, 0.25) is 5.91 Å². The molecule has 0 N–H and O–H groups in total. The number of likely N-dealkylation sites (N-methyl/N-ethyl adjacent to an activating group) is 1. The Hall–Kier alpha value is -2.16. The second kappa shape index (κ2) is 7.61. The van der Waals surface area contributed by atoms with Crippen molar-refractivity contribution >= 4 is 17.2 Å². The van der Waals surface area contributed by atoms with Gasteiger partial charge in [-0.15, -0.1) is 0 Å². The third kappa shape index (κ3) is 3.84. The number of carbonyl (C=O) groups is 1. The summed E-state index contributed by atoms with van der Waals surface area (Å²) < 4.78 is 0. The molecule has 124 valence electrons. The SMILES string of the molecule is CN(CC(=O)N1CCCC1c1ccsc1)Cc1cccc(C#N)c1. The van der Waals surface area contributed by atoms with Crippen molar-refractivity contribution < 1.29 is 4.79 Å². The van der Waals surface area contributed by atoms with Gasteiger partial charge in [0.15, 0.2) is 0 Å². The van der Waals surface area contributed by atoms with Crippen LogP contribution in [0.4, 0.5) is 0 Å². The van der Waals surface area contributed by atoms with Gasteiger partial charge in [0.25, 0.3) is 0 Å². The van der Waals surface area contributed by atoms with Crippen molar-refractivity contribution in [3.05, 3.63) is 57.8 Å². The number of likely N-dealkylation sites (tertiary alicyclic amines) is 1. The summed E-state index contributed by atoms with van der Waals surface area (Å²) in [7, 11) is 1.95. The van der Waals surface area contributed by atoms with E-state index in [9.17, 15) is 4.79 Å². The summed E-state index contributed by atoms with van der Waals surface area (Å²) in [4.78, 5) is 16.7. The van der Waals surface area contributed by atoms with Crippen molar-refractivity contribution in [2.75, 3.05) is 20.1 Å². The van der Waals surface area contributed by atoms with Crippen LogP contribution in [-0.2, 0) is 11.3 Å². The maximum absolute atomic E-state index is 12.7. The number of amides is 1. The Bertz CT molecular complexity index is 735. The van der Waals surface area contributed by atoms with Gasteiger partial charge in [-0.25, -0.2) is 0 Å². The largest absolute Gasteiger partial charge is 0.335 e. The second-order valence-electron chi connectivity index (χ2n) is 6.29. The number of thiophene rings is 1. The van der Waals surface area contributed by atoms with Crippen molar-refractivity contribution in [2.24, 2.45) is 0 Å². The molecule has 4 nitrogen and oxygen atoms in total. The fourth-order valence-corrected chi connectivity index (χ4v) is 4.01. The molecule has 0 spiro atoms. The fourth-order valence-electron chi connectivity index (χ4n) is 3.30. The van der Waals surface area contributed by atoms with E-state index in [1.807, 2.05) is 35.0 Å². The number of hydrogen-bond acceptors (Lipinski definition) is 4. The van der Waals surface area contributed by atoms with Crippen molar-refractivity contribution in [3.63, 3.8) is 0 Å². The van der Waals surface area contributed by atoms with Gasteiger partial charge < -0.3 is 4.90 Å². The van der Waals surface area contributed by atoms with Gasteiger partial charge in [-0.1, -0.05) is 12.1 Å². The van der Waals surface area contributed by atoms with Crippen LogP contribution < -0.4 is 0 Å². The van der Waals surface area contributed by atoms with E-state index in [2.05, 4.69) is 22.9 Å². The molecule has 1 aliphatic heterocycles. The Morgan fingerprint density at radius 2 is 2.33 bits per heavy atom. The van der Waals surface area contributed by atoms with Gasteiger partial charge in [-0.3, -0.25) is 9.69 Å². The Kier molecular flexibility index (Phi) is 5.29. The highest BCUT2D eigenvalue weighted by atomic mass is 32.1. The van der Waals surface area contributed by atoms with Crippen LogP contribution in [0.2, 0.25) is 0 Å². The number of nitriles is 1. The normalized spacial score (nSPS) is 17.2. The zero-order valence-corrected chi connectivity index (χ0v) is 14.6. The topological polar surface area (TPSA) is 47.3 Å². The molecular weight excluding hydrogens is 318 g/mol. The minimum absolute atomic E-state index is 0.183. The lowest BCUT2D eigenvalue weighted by Crippen LogP contribution is -2.38. The quantitative estimate of drug-likeness (QED) is 0.838. The maximum Gasteiger partial charge on any atom is 0.237 e. The lowest BCUT2D eigenvalue weighted by atomic mass is 10.1. The molecule has 1 amide bonds. The maximum atomic E-state index is 12.7. The molecule has 1 atom stereocenters. The number of nitrogens with zero attached hydrogens (tertiary/aromatic N) is 3. The minimum Gasteiger partial charge on any atom is -0.335 e. The molecule has 1 aromatic heterocycles. The molecular formula is C19H21N3OS. The molecule has 1 fully saturated rings. The molecule has 1 unspecified atom stereocenters. The van der Waals surface area contributed by atoms with Gasteiger partial charge in [0, 0.05) is 13.1 Å². The van der Waals surface area contributed by atoms with Crippen LogP contribution >= 0.6 is 11.3 Å². The van der Waals surface area contributed by atoms with Crippen LogP contribution in [0.15, 0.2) is 41.1 Å². The Morgan fingerprint density at radius 3 is 3.08 bits per heavy atom. The van der Waals surface area contributed by atoms with E-state index < -0.39 is 0 Å². The molecule has 0 aliphatic carbocycles. The van der Waals surface area contributed by atoms with Gasteiger partial charge in [-0.05, 0) is 60.0 Å². The predicted octanol–water partition coefficient (Wildman–Crippen LogP) is 3.42. The van der Waals surface area contributed by atoms with E-state index >= 15 is 0 Å². The number of hydrogen-bond donors (Lipinski definition) is 0. The van der Waals surface area contributed by atoms with E-state index in [4.69, 9.17) is 5.26 Å². The molecule has 0 bridgehead atoms. The third-order valence-electron chi connectivity index (χ3n) is 4.41.